The minimum absolute atomic E-state index is 0.0592. The summed E-state index contributed by atoms with van der Waals surface area (Å²) in [7, 11) is 0. The third-order valence-corrected chi connectivity index (χ3v) is 4.13. The van der Waals surface area contributed by atoms with Crippen molar-refractivity contribution in [2.75, 3.05) is 26.2 Å². The Labute approximate surface area is 132 Å². The standard InChI is InChI=1S/C17H25N3O2/c1-3-19(4-2)16(21)14-10-9-11-15(18-14)17(22)20-12-7-5-6-8-13-20/h9-11H,3-8,12-13H2,1-2H3. The van der Waals surface area contributed by atoms with Crippen LogP contribution in [0.15, 0.2) is 18.2 Å². The van der Waals surface area contributed by atoms with Crippen LogP contribution in [-0.4, -0.2) is 52.8 Å². The number of carbonyl (C=O) groups excluding carboxylic acids is 2. The van der Waals surface area contributed by atoms with Gasteiger partial charge in [-0.05, 0) is 38.8 Å². The molecule has 0 aromatic carbocycles. The van der Waals surface area contributed by atoms with E-state index in [1.807, 2.05) is 18.7 Å². The summed E-state index contributed by atoms with van der Waals surface area (Å²) in [5.41, 5.74) is 0.726. The van der Waals surface area contributed by atoms with Crippen molar-refractivity contribution in [2.45, 2.75) is 39.5 Å². The van der Waals surface area contributed by atoms with Crippen molar-refractivity contribution in [3.63, 3.8) is 0 Å². The third kappa shape index (κ3) is 3.84. The van der Waals surface area contributed by atoms with Crippen molar-refractivity contribution in [3.8, 4) is 0 Å². The fraction of sp³-hybridized carbons (Fsp3) is 0.588. The molecule has 1 fully saturated rings. The summed E-state index contributed by atoms with van der Waals surface area (Å²) in [6, 6.07) is 5.13. The fourth-order valence-electron chi connectivity index (χ4n) is 2.78. The van der Waals surface area contributed by atoms with Crippen LogP contribution in [0, 0.1) is 0 Å². The summed E-state index contributed by atoms with van der Waals surface area (Å²) in [6.45, 7) is 6.73. The second-order valence-electron chi connectivity index (χ2n) is 5.59. The van der Waals surface area contributed by atoms with Gasteiger partial charge < -0.3 is 9.80 Å². The molecule has 2 heterocycles. The van der Waals surface area contributed by atoms with Crippen molar-refractivity contribution in [3.05, 3.63) is 29.6 Å². The highest BCUT2D eigenvalue weighted by molar-refractivity contribution is 5.96. The Kier molecular flexibility index (Phi) is 5.92. The largest absolute Gasteiger partial charge is 0.338 e. The molecule has 0 spiro atoms. The van der Waals surface area contributed by atoms with Crippen LogP contribution in [0.3, 0.4) is 0 Å². The zero-order chi connectivity index (χ0) is 15.9. The molecule has 2 rings (SSSR count). The number of likely N-dealkylation sites (tertiary alicyclic amines) is 1. The molecule has 0 radical (unpaired) electrons. The average Bonchev–Trinajstić information content (AvgIpc) is 2.84. The highest BCUT2D eigenvalue weighted by Gasteiger charge is 2.20. The van der Waals surface area contributed by atoms with Crippen molar-refractivity contribution in [1.29, 1.82) is 0 Å². The molecule has 1 aromatic rings. The van der Waals surface area contributed by atoms with E-state index in [1.165, 1.54) is 12.8 Å². The van der Waals surface area contributed by atoms with Gasteiger partial charge in [0, 0.05) is 26.2 Å². The number of rotatable bonds is 4. The SMILES string of the molecule is CCN(CC)C(=O)c1cccc(C(=O)N2CCCCCC2)n1. The number of hydrogen-bond donors (Lipinski definition) is 0. The summed E-state index contributed by atoms with van der Waals surface area (Å²) < 4.78 is 0. The maximum atomic E-state index is 12.6. The fourth-order valence-corrected chi connectivity index (χ4v) is 2.78. The van der Waals surface area contributed by atoms with Crippen LogP contribution >= 0.6 is 0 Å². The van der Waals surface area contributed by atoms with Gasteiger partial charge in [0.1, 0.15) is 11.4 Å². The van der Waals surface area contributed by atoms with Gasteiger partial charge in [0.15, 0.2) is 0 Å². The molecule has 0 N–H and O–H groups in total. The van der Waals surface area contributed by atoms with Crippen LogP contribution in [0.2, 0.25) is 0 Å². The van der Waals surface area contributed by atoms with Crippen LogP contribution in [-0.2, 0) is 0 Å². The van der Waals surface area contributed by atoms with E-state index >= 15 is 0 Å². The second-order valence-corrected chi connectivity index (χ2v) is 5.59. The van der Waals surface area contributed by atoms with Gasteiger partial charge in [-0.1, -0.05) is 18.9 Å². The van der Waals surface area contributed by atoms with Crippen molar-refractivity contribution in [1.82, 2.24) is 14.8 Å². The predicted molar refractivity (Wildman–Crippen MR) is 85.9 cm³/mol. The lowest BCUT2D eigenvalue weighted by Crippen LogP contribution is -2.34. The number of nitrogens with zero attached hydrogens (tertiary/aromatic N) is 3. The Morgan fingerprint density at radius 3 is 2.23 bits per heavy atom. The summed E-state index contributed by atoms with van der Waals surface area (Å²) in [5, 5.41) is 0. The zero-order valence-corrected chi connectivity index (χ0v) is 13.5. The molecule has 1 aromatic heterocycles. The molecule has 1 aliphatic rings. The van der Waals surface area contributed by atoms with Crippen LogP contribution in [0.1, 0.15) is 60.5 Å². The van der Waals surface area contributed by atoms with Gasteiger partial charge in [0.05, 0.1) is 0 Å². The maximum absolute atomic E-state index is 12.6. The molecular formula is C17H25N3O2. The number of aromatic nitrogens is 1. The van der Waals surface area contributed by atoms with Crippen molar-refractivity contribution in [2.24, 2.45) is 0 Å². The molecule has 0 bridgehead atoms. The summed E-state index contributed by atoms with van der Waals surface area (Å²) in [6.07, 6.45) is 4.45. The Bertz CT molecular complexity index is 518. The van der Waals surface area contributed by atoms with E-state index in [2.05, 4.69) is 4.98 Å². The highest BCUT2D eigenvalue weighted by Crippen LogP contribution is 2.13. The van der Waals surface area contributed by atoms with E-state index in [-0.39, 0.29) is 11.8 Å². The zero-order valence-electron chi connectivity index (χ0n) is 13.5. The summed E-state index contributed by atoms with van der Waals surface area (Å²) in [5.74, 6) is -0.174. The monoisotopic (exact) mass is 303 g/mol. The first-order valence-electron chi connectivity index (χ1n) is 8.23. The number of hydrogen-bond acceptors (Lipinski definition) is 3. The van der Waals surface area contributed by atoms with E-state index < -0.39 is 0 Å². The lowest BCUT2D eigenvalue weighted by molar-refractivity contribution is 0.0752. The van der Waals surface area contributed by atoms with E-state index in [4.69, 9.17) is 0 Å². The molecule has 2 amide bonds. The van der Waals surface area contributed by atoms with E-state index in [0.29, 0.717) is 24.5 Å². The first-order valence-corrected chi connectivity index (χ1v) is 8.23. The van der Waals surface area contributed by atoms with Crippen LogP contribution in [0.25, 0.3) is 0 Å². The molecular weight excluding hydrogens is 278 g/mol. The number of carbonyl (C=O) groups is 2. The molecule has 0 saturated carbocycles. The molecule has 0 aliphatic carbocycles. The number of pyridine rings is 1. The summed E-state index contributed by atoms with van der Waals surface area (Å²) >= 11 is 0. The first-order chi connectivity index (χ1) is 10.7. The topological polar surface area (TPSA) is 53.5 Å². The van der Waals surface area contributed by atoms with Crippen LogP contribution in [0.5, 0.6) is 0 Å². The van der Waals surface area contributed by atoms with Gasteiger partial charge in [-0.15, -0.1) is 0 Å². The highest BCUT2D eigenvalue weighted by atomic mass is 16.2. The minimum atomic E-state index is -0.115. The minimum Gasteiger partial charge on any atom is -0.338 e. The second kappa shape index (κ2) is 7.92. The van der Waals surface area contributed by atoms with E-state index in [1.54, 1.807) is 23.1 Å². The molecule has 1 aliphatic heterocycles. The summed E-state index contributed by atoms with van der Waals surface area (Å²) in [4.78, 5) is 32.8. The maximum Gasteiger partial charge on any atom is 0.272 e. The predicted octanol–water partition coefficient (Wildman–Crippen LogP) is 2.58. The quantitative estimate of drug-likeness (QED) is 0.859. The Morgan fingerprint density at radius 2 is 1.64 bits per heavy atom. The van der Waals surface area contributed by atoms with Gasteiger partial charge in [-0.2, -0.15) is 0 Å². The van der Waals surface area contributed by atoms with Gasteiger partial charge in [0.2, 0.25) is 0 Å². The van der Waals surface area contributed by atoms with Gasteiger partial charge in [-0.3, -0.25) is 9.59 Å². The molecule has 1 saturated heterocycles. The molecule has 0 atom stereocenters. The Hall–Kier alpha value is -1.91. The average molecular weight is 303 g/mol. The van der Waals surface area contributed by atoms with E-state index in [0.717, 1.165) is 25.9 Å². The Balaban J connectivity index is 2.16. The molecule has 5 heteroatoms. The Morgan fingerprint density at radius 1 is 1.05 bits per heavy atom. The van der Waals surface area contributed by atoms with Crippen molar-refractivity contribution >= 4 is 11.8 Å². The van der Waals surface area contributed by atoms with Gasteiger partial charge in [0.25, 0.3) is 11.8 Å². The lowest BCUT2D eigenvalue weighted by Gasteiger charge is -2.21. The molecule has 120 valence electrons. The van der Waals surface area contributed by atoms with Crippen LogP contribution in [0.4, 0.5) is 0 Å². The third-order valence-electron chi connectivity index (χ3n) is 4.13. The lowest BCUT2D eigenvalue weighted by atomic mass is 10.2. The van der Waals surface area contributed by atoms with Crippen molar-refractivity contribution < 1.29 is 9.59 Å². The smallest absolute Gasteiger partial charge is 0.272 e. The van der Waals surface area contributed by atoms with E-state index in [9.17, 15) is 9.59 Å². The van der Waals surface area contributed by atoms with Gasteiger partial charge >= 0.3 is 0 Å². The molecule has 5 nitrogen and oxygen atoms in total. The molecule has 22 heavy (non-hydrogen) atoms. The van der Waals surface area contributed by atoms with Gasteiger partial charge in [-0.25, -0.2) is 4.98 Å². The number of amides is 2. The molecule has 0 unspecified atom stereocenters. The first kappa shape index (κ1) is 16.5. The normalized spacial score (nSPS) is 15.3. The van der Waals surface area contributed by atoms with Crippen LogP contribution < -0.4 is 0 Å².